The summed E-state index contributed by atoms with van der Waals surface area (Å²) < 4.78 is 14.2. The van der Waals surface area contributed by atoms with Crippen molar-refractivity contribution >= 4 is 43.2 Å². The Labute approximate surface area is 137 Å². The van der Waals surface area contributed by atoms with Gasteiger partial charge in [-0.15, -0.1) is 0 Å². The summed E-state index contributed by atoms with van der Waals surface area (Å²) in [5.41, 5.74) is 1.22. The molecule has 1 N–H and O–H groups in total. The van der Waals surface area contributed by atoms with Crippen molar-refractivity contribution in [2.75, 3.05) is 5.32 Å². The van der Waals surface area contributed by atoms with Gasteiger partial charge < -0.3 is 5.32 Å². The van der Waals surface area contributed by atoms with Crippen LogP contribution in [-0.2, 0) is 0 Å². The average molecular weight is 418 g/mol. The lowest BCUT2D eigenvalue weighted by atomic mass is 10.1. The predicted octanol–water partition coefficient (Wildman–Crippen LogP) is 5.43. The summed E-state index contributed by atoms with van der Waals surface area (Å²) >= 11 is 6.34. The van der Waals surface area contributed by atoms with E-state index in [1.165, 1.54) is 12.1 Å². The predicted molar refractivity (Wildman–Crippen MR) is 86.9 cm³/mol. The van der Waals surface area contributed by atoms with E-state index in [9.17, 15) is 14.5 Å². The SMILES string of the molecule is CC(Nc1ccc(Br)cc1[N+](=O)[O-])c1ccc(F)c(Br)c1. The van der Waals surface area contributed by atoms with E-state index in [1.54, 1.807) is 24.3 Å². The third kappa shape index (κ3) is 3.79. The molecule has 0 aliphatic heterocycles. The minimum Gasteiger partial charge on any atom is -0.373 e. The Bertz CT molecular complexity index is 695. The summed E-state index contributed by atoms with van der Waals surface area (Å²) in [5, 5.41) is 14.2. The van der Waals surface area contributed by atoms with Crippen LogP contribution < -0.4 is 5.32 Å². The maximum atomic E-state index is 13.2. The number of anilines is 1. The Morgan fingerprint density at radius 3 is 2.57 bits per heavy atom. The van der Waals surface area contributed by atoms with Gasteiger partial charge in [0.05, 0.1) is 9.40 Å². The van der Waals surface area contributed by atoms with Crippen LogP contribution in [0, 0.1) is 15.9 Å². The number of nitrogens with zero attached hydrogens (tertiary/aromatic N) is 1. The monoisotopic (exact) mass is 416 g/mol. The molecule has 0 saturated heterocycles. The van der Waals surface area contributed by atoms with Crippen LogP contribution in [0.25, 0.3) is 0 Å². The van der Waals surface area contributed by atoms with Crippen molar-refractivity contribution in [3.63, 3.8) is 0 Å². The molecule has 0 fully saturated rings. The van der Waals surface area contributed by atoms with Crippen molar-refractivity contribution in [2.24, 2.45) is 0 Å². The third-order valence-electron chi connectivity index (χ3n) is 2.97. The fourth-order valence-electron chi connectivity index (χ4n) is 1.88. The van der Waals surface area contributed by atoms with Gasteiger partial charge in [0.15, 0.2) is 0 Å². The van der Waals surface area contributed by atoms with Crippen LogP contribution in [0.15, 0.2) is 45.3 Å². The quantitative estimate of drug-likeness (QED) is 0.532. The molecule has 7 heteroatoms. The number of benzene rings is 2. The number of nitro groups is 1. The van der Waals surface area contributed by atoms with E-state index in [4.69, 9.17) is 0 Å². The zero-order valence-electron chi connectivity index (χ0n) is 10.9. The summed E-state index contributed by atoms with van der Waals surface area (Å²) in [7, 11) is 0. The number of nitro benzene ring substituents is 1. The topological polar surface area (TPSA) is 55.2 Å². The zero-order chi connectivity index (χ0) is 15.6. The molecule has 1 unspecified atom stereocenters. The van der Waals surface area contributed by atoms with E-state index in [-0.39, 0.29) is 17.5 Å². The average Bonchev–Trinajstić information content (AvgIpc) is 2.43. The molecule has 2 rings (SSSR count). The first-order valence-corrected chi connectivity index (χ1v) is 7.62. The summed E-state index contributed by atoms with van der Waals surface area (Å²) in [6.45, 7) is 1.85. The first-order valence-electron chi connectivity index (χ1n) is 6.04. The largest absolute Gasteiger partial charge is 0.373 e. The van der Waals surface area contributed by atoms with Gasteiger partial charge in [0.25, 0.3) is 5.69 Å². The Kier molecular flexibility index (Phi) is 4.95. The van der Waals surface area contributed by atoms with Crippen molar-refractivity contribution in [3.05, 3.63) is 66.8 Å². The second-order valence-electron chi connectivity index (χ2n) is 4.46. The fraction of sp³-hybridized carbons (Fsp3) is 0.143. The highest BCUT2D eigenvalue weighted by atomic mass is 79.9. The summed E-state index contributed by atoms with van der Waals surface area (Å²) in [6, 6.07) is 9.24. The number of rotatable bonds is 4. The molecule has 2 aromatic rings. The number of halogens is 3. The first kappa shape index (κ1) is 15.9. The number of hydrogen-bond acceptors (Lipinski definition) is 3. The molecule has 0 radical (unpaired) electrons. The van der Waals surface area contributed by atoms with Crippen LogP contribution in [0.2, 0.25) is 0 Å². The zero-order valence-corrected chi connectivity index (χ0v) is 14.1. The van der Waals surface area contributed by atoms with Crippen LogP contribution in [0.5, 0.6) is 0 Å². The fourth-order valence-corrected chi connectivity index (χ4v) is 2.62. The first-order chi connectivity index (χ1) is 9.88. The molecule has 0 saturated carbocycles. The lowest BCUT2D eigenvalue weighted by Gasteiger charge is -2.16. The minimum absolute atomic E-state index is 0.0163. The molecule has 0 heterocycles. The van der Waals surface area contributed by atoms with Gasteiger partial charge >= 0.3 is 0 Å². The van der Waals surface area contributed by atoms with E-state index >= 15 is 0 Å². The van der Waals surface area contributed by atoms with Crippen LogP contribution in [0.4, 0.5) is 15.8 Å². The van der Waals surface area contributed by atoms with Gasteiger partial charge in [0.2, 0.25) is 0 Å². The van der Waals surface area contributed by atoms with E-state index in [0.29, 0.717) is 14.6 Å². The van der Waals surface area contributed by atoms with Crippen molar-refractivity contribution in [3.8, 4) is 0 Å². The second-order valence-corrected chi connectivity index (χ2v) is 6.23. The van der Waals surface area contributed by atoms with Crippen molar-refractivity contribution in [1.82, 2.24) is 0 Å². The molecule has 0 aromatic heterocycles. The normalized spacial score (nSPS) is 12.0. The molecule has 0 spiro atoms. The van der Waals surface area contributed by atoms with Crippen LogP contribution in [-0.4, -0.2) is 4.92 Å². The highest BCUT2D eigenvalue weighted by Gasteiger charge is 2.17. The Hall–Kier alpha value is -1.47. The van der Waals surface area contributed by atoms with Gasteiger partial charge in [-0.05, 0) is 52.7 Å². The molecule has 0 bridgehead atoms. The maximum Gasteiger partial charge on any atom is 0.293 e. The molecule has 0 aliphatic carbocycles. The molecular formula is C14H11Br2FN2O2. The molecular weight excluding hydrogens is 407 g/mol. The van der Waals surface area contributed by atoms with Crippen molar-refractivity contribution in [1.29, 1.82) is 0 Å². The van der Waals surface area contributed by atoms with Gasteiger partial charge in [-0.2, -0.15) is 0 Å². The van der Waals surface area contributed by atoms with E-state index in [2.05, 4.69) is 37.2 Å². The highest BCUT2D eigenvalue weighted by Crippen LogP contribution is 2.31. The minimum atomic E-state index is -0.444. The lowest BCUT2D eigenvalue weighted by Crippen LogP contribution is -2.08. The van der Waals surface area contributed by atoms with Gasteiger partial charge in [0, 0.05) is 16.6 Å². The van der Waals surface area contributed by atoms with Crippen molar-refractivity contribution in [2.45, 2.75) is 13.0 Å². The van der Waals surface area contributed by atoms with Gasteiger partial charge in [-0.3, -0.25) is 10.1 Å². The molecule has 4 nitrogen and oxygen atoms in total. The van der Waals surface area contributed by atoms with E-state index < -0.39 is 4.92 Å². The Morgan fingerprint density at radius 2 is 1.95 bits per heavy atom. The number of nitrogens with one attached hydrogen (secondary N) is 1. The molecule has 1 atom stereocenters. The third-order valence-corrected chi connectivity index (χ3v) is 4.07. The molecule has 0 amide bonds. The molecule has 110 valence electrons. The van der Waals surface area contributed by atoms with E-state index in [1.807, 2.05) is 6.92 Å². The summed E-state index contributed by atoms with van der Waals surface area (Å²) in [6.07, 6.45) is 0. The molecule has 2 aromatic carbocycles. The summed E-state index contributed by atoms with van der Waals surface area (Å²) in [4.78, 5) is 10.6. The standard InChI is InChI=1S/C14H11Br2FN2O2/c1-8(9-2-4-12(17)11(16)6-9)18-13-5-3-10(15)7-14(13)19(20)21/h2-8,18H,1H3. The van der Waals surface area contributed by atoms with Gasteiger partial charge in [-0.25, -0.2) is 4.39 Å². The lowest BCUT2D eigenvalue weighted by molar-refractivity contribution is -0.384. The van der Waals surface area contributed by atoms with Crippen LogP contribution in [0.1, 0.15) is 18.5 Å². The molecule has 0 aliphatic rings. The van der Waals surface area contributed by atoms with Gasteiger partial charge in [0.1, 0.15) is 11.5 Å². The maximum absolute atomic E-state index is 13.2. The van der Waals surface area contributed by atoms with Gasteiger partial charge in [-0.1, -0.05) is 22.0 Å². The summed E-state index contributed by atoms with van der Waals surface area (Å²) in [5.74, 6) is -0.347. The van der Waals surface area contributed by atoms with E-state index in [0.717, 1.165) is 5.56 Å². The molecule has 21 heavy (non-hydrogen) atoms. The smallest absolute Gasteiger partial charge is 0.293 e. The Morgan fingerprint density at radius 1 is 1.24 bits per heavy atom. The second kappa shape index (κ2) is 6.53. The van der Waals surface area contributed by atoms with Crippen molar-refractivity contribution < 1.29 is 9.31 Å². The van der Waals surface area contributed by atoms with Crippen LogP contribution in [0.3, 0.4) is 0 Å². The highest BCUT2D eigenvalue weighted by molar-refractivity contribution is 9.10. The number of hydrogen-bond donors (Lipinski definition) is 1. The van der Waals surface area contributed by atoms with Crippen LogP contribution >= 0.6 is 31.9 Å². The Balaban J connectivity index is 2.29.